The number of nitrogens with one attached hydrogen (secondary N) is 1. The van der Waals surface area contributed by atoms with Crippen molar-refractivity contribution in [2.75, 3.05) is 11.0 Å². The monoisotopic (exact) mass is 387 g/mol. The van der Waals surface area contributed by atoms with Crippen molar-refractivity contribution in [2.45, 2.75) is 6.61 Å². The highest BCUT2D eigenvalue weighted by molar-refractivity contribution is 7.92. The number of sulfonamides is 1. The average molecular weight is 387 g/mol. The van der Waals surface area contributed by atoms with Gasteiger partial charge in [0.25, 0.3) is 0 Å². The molecule has 1 aromatic heterocycles. The van der Waals surface area contributed by atoms with Gasteiger partial charge in [-0.1, -0.05) is 30.3 Å². The van der Waals surface area contributed by atoms with Gasteiger partial charge in [0.1, 0.15) is 12.4 Å². The molecule has 0 aliphatic heterocycles. The van der Waals surface area contributed by atoms with Crippen molar-refractivity contribution in [3.05, 3.63) is 72.2 Å². The third-order valence-corrected chi connectivity index (χ3v) is 4.30. The van der Waals surface area contributed by atoms with Gasteiger partial charge in [-0.3, -0.25) is 4.72 Å². The summed E-state index contributed by atoms with van der Waals surface area (Å²) in [5.74, 6) is -0.781. The number of carboxylic acid groups (broad SMARTS) is 1. The Balaban J connectivity index is 1.81. The molecule has 0 aliphatic carbocycles. The molecule has 0 amide bonds. The second-order valence-corrected chi connectivity index (χ2v) is 7.56. The molecule has 7 nitrogen and oxygen atoms in total. The highest BCUT2D eigenvalue weighted by atomic mass is 32.2. The summed E-state index contributed by atoms with van der Waals surface area (Å²) >= 11 is 0. The number of anilines is 1. The van der Waals surface area contributed by atoms with Gasteiger partial charge in [0.05, 0.1) is 18.2 Å². The lowest BCUT2D eigenvalue weighted by molar-refractivity contribution is 0.0663. The maximum Gasteiger partial charge on any atom is 0.372 e. The quantitative estimate of drug-likeness (QED) is 0.642. The summed E-state index contributed by atoms with van der Waals surface area (Å²) in [5.41, 5.74) is 2.20. The third kappa shape index (κ3) is 4.68. The van der Waals surface area contributed by atoms with Crippen LogP contribution in [-0.4, -0.2) is 25.7 Å². The molecular weight excluding hydrogens is 370 g/mol. The van der Waals surface area contributed by atoms with E-state index in [1.807, 2.05) is 0 Å². The van der Waals surface area contributed by atoms with Gasteiger partial charge in [0.15, 0.2) is 0 Å². The molecule has 0 atom stereocenters. The molecule has 0 bridgehead atoms. The molecule has 1 heterocycles. The fourth-order valence-corrected chi connectivity index (χ4v) is 3.16. The number of aromatic carboxylic acids is 1. The van der Waals surface area contributed by atoms with Crippen molar-refractivity contribution in [1.82, 2.24) is 0 Å². The van der Waals surface area contributed by atoms with Gasteiger partial charge >= 0.3 is 5.97 Å². The fraction of sp³-hybridized carbons (Fsp3) is 0.105. The van der Waals surface area contributed by atoms with Gasteiger partial charge in [-0.2, -0.15) is 0 Å². The molecule has 3 aromatic rings. The van der Waals surface area contributed by atoms with Crippen molar-refractivity contribution in [3.8, 4) is 16.9 Å². The number of ether oxygens (including phenoxy) is 1. The van der Waals surface area contributed by atoms with E-state index in [4.69, 9.17) is 9.15 Å². The molecule has 8 heteroatoms. The smallest absolute Gasteiger partial charge is 0.372 e. The van der Waals surface area contributed by atoms with Gasteiger partial charge in [-0.15, -0.1) is 0 Å². The molecule has 0 radical (unpaired) electrons. The van der Waals surface area contributed by atoms with Crippen LogP contribution >= 0.6 is 0 Å². The molecule has 0 saturated carbocycles. The summed E-state index contributed by atoms with van der Waals surface area (Å²) in [6.07, 6.45) is 2.40. The van der Waals surface area contributed by atoms with Crippen molar-refractivity contribution >= 4 is 21.7 Å². The second kappa shape index (κ2) is 7.55. The molecule has 0 unspecified atom stereocenters. The van der Waals surface area contributed by atoms with E-state index in [0.717, 1.165) is 6.26 Å². The normalized spacial score (nSPS) is 11.1. The van der Waals surface area contributed by atoms with Crippen LogP contribution in [0.15, 0.2) is 65.3 Å². The highest BCUT2D eigenvalue weighted by Crippen LogP contribution is 2.28. The van der Waals surface area contributed by atoms with Crippen LogP contribution in [0.2, 0.25) is 0 Å². The van der Waals surface area contributed by atoms with Crippen LogP contribution in [0.1, 0.15) is 16.1 Å². The molecule has 2 N–H and O–H groups in total. The maximum atomic E-state index is 11.5. The Morgan fingerprint density at radius 3 is 2.67 bits per heavy atom. The molecule has 0 spiro atoms. The van der Waals surface area contributed by atoms with Crippen LogP contribution in [0.5, 0.6) is 5.75 Å². The number of hydrogen-bond acceptors (Lipinski definition) is 5. The van der Waals surface area contributed by atoms with Crippen molar-refractivity contribution in [3.63, 3.8) is 0 Å². The lowest BCUT2D eigenvalue weighted by Gasteiger charge is -2.12. The summed E-state index contributed by atoms with van der Waals surface area (Å²) in [7, 11) is -3.40. The van der Waals surface area contributed by atoms with E-state index in [1.54, 1.807) is 54.6 Å². The Hall–Kier alpha value is -3.26. The van der Waals surface area contributed by atoms with Gasteiger partial charge in [0, 0.05) is 11.1 Å². The van der Waals surface area contributed by atoms with E-state index in [9.17, 15) is 18.3 Å². The summed E-state index contributed by atoms with van der Waals surface area (Å²) in [4.78, 5) is 11.2. The van der Waals surface area contributed by atoms with E-state index in [1.165, 1.54) is 6.26 Å². The van der Waals surface area contributed by atoms with Crippen LogP contribution in [0, 0.1) is 0 Å². The lowest BCUT2D eigenvalue weighted by Crippen LogP contribution is -2.12. The van der Waals surface area contributed by atoms with Crippen LogP contribution in [0.3, 0.4) is 0 Å². The summed E-state index contributed by atoms with van der Waals surface area (Å²) < 4.78 is 36.2. The van der Waals surface area contributed by atoms with Crippen LogP contribution in [-0.2, 0) is 16.6 Å². The van der Waals surface area contributed by atoms with Crippen LogP contribution < -0.4 is 9.46 Å². The van der Waals surface area contributed by atoms with Crippen molar-refractivity contribution in [1.29, 1.82) is 0 Å². The Kier molecular flexibility index (Phi) is 5.18. The van der Waals surface area contributed by atoms with E-state index in [-0.39, 0.29) is 12.4 Å². The van der Waals surface area contributed by atoms with E-state index in [0.29, 0.717) is 28.1 Å². The zero-order chi connectivity index (χ0) is 19.4. The number of furan rings is 1. The van der Waals surface area contributed by atoms with Gasteiger partial charge in [-0.05, 0) is 29.8 Å². The van der Waals surface area contributed by atoms with E-state index < -0.39 is 16.0 Å². The number of rotatable bonds is 7. The first kappa shape index (κ1) is 18.5. The minimum Gasteiger partial charge on any atom is -0.489 e. The number of benzene rings is 2. The zero-order valence-electron chi connectivity index (χ0n) is 14.4. The third-order valence-electron chi connectivity index (χ3n) is 3.71. The highest BCUT2D eigenvalue weighted by Gasteiger charge is 2.16. The minimum atomic E-state index is -3.40. The second-order valence-electron chi connectivity index (χ2n) is 5.82. The van der Waals surface area contributed by atoms with Gasteiger partial charge in [-0.25, -0.2) is 13.2 Å². The fourth-order valence-electron chi connectivity index (χ4n) is 2.56. The number of carbonyl (C=O) groups is 1. The molecule has 3 rings (SSSR count). The first-order chi connectivity index (χ1) is 12.8. The predicted molar refractivity (Wildman–Crippen MR) is 100 cm³/mol. The molecule has 140 valence electrons. The summed E-state index contributed by atoms with van der Waals surface area (Å²) in [6, 6.07) is 15.4. The molecule has 2 aromatic carbocycles. The predicted octanol–water partition coefficient (Wildman–Crippen LogP) is 3.60. The SMILES string of the molecule is CS(=O)(=O)Nc1ccccc1COc1cccc(-c2ccoc2C(=O)O)c1. The van der Waals surface area contributed by atoms with E-state index in [2.05, 4.69) is 4.72 Å². The number of para-hydroxylation sites is 1. The Bertz CT molecular complexity index is 1070. The Labute approximate surface area is 156 Å². The van der Waals surface area contributed by atoms with Crippen molar-refractivity contribution in [2.24, 2.45) is 0 Å². The largest absolute Gasteiger partial charge is 0.489 e. The number of carboxylic acids is 1. The van der Waals surface area contributed by atoms with Gasteiger partial charge in [0.2, 0.25) is 15.8 Å². The Morgan fingerprint density at radius 2 is 1.93 bits per heavy atom. The zero-order valence-corrected chi connectivity index (χ0v) is 15.2. The first-order valence-corrected chi connectivity index (χ1v) is 9.82. The number of hydrogen-bond donors (Lipinski definition) is 2. The molecular formula is C19H17NO6S. The maximum absolute atomic E-state index is 11.5. The van der Waals surface area contributed by atoms with Gasteiger partial charge < -0.3 is 14.3 Å². The molecule has 0 fully saturated rings. The van der Waals surface area contributed by atoms with Crippen LogP contribution in [0.25, 0.3) is 11.1 Å². The topological polar surface area (TPSA) is 106 Å². The van der Waals surface area contributed by atoms with Crippen LogP contribution in [0.4, 0.5) is 5.69 Å². The summed E-state index contributed by atoms with van der Waals surface area (Å²) in [5, 5.41) is 9.18. The average Bonchev–Trinajstić information content (AvgIpc) is 3.10. The minimum absolute atomic E-state index is 0.138. The van der Waals surface area contributed by atoms with E-state index >= 15 is 0 Å². The summed E-state index contributed by atoms with van der Waals surface area (Å²) in [6.45, 7) is 0.138. The standard InChI is InChI=1S/C19H17NO6S/c1-27(23,24)20-17-8-3-2-5-14(17)12-26-15-7-4-6-13(11-15)16-9-10-25-18(16)19(21)22/h2-11,20H,12H2,1H3,(H,21,22). The van der Waals surface area contributed by atoms with Crippen molar-refractivity contribution < 1.29 is 27.5 Å². The first-order valence-electron chi connectivity index (χ1n) is 7.93. The molecule has 27 heavy (non-hydrogen) atoms. The lowest BCUT2D eigenvalue weighted by atomic mass is 10.1. The Morgan fingerprint density at radius 1 is 1.15 bits per heavy atom. The molecule has 0 saturated heterocycles. The molecule has 0 aliphatic rings.